The first kappa shape index (κ1) is 24.9. The molecule has 5 rings (SSSR count). The minimum atomic E-state index is -1.22. The number of phenols is 1. The molecule has 1 aliphatic carbocycles. The molecule has 4 aromatic rings. The third kappa shape index (κ3) is 5.47. The van der Waals surface area contributed by atoms with Crippen molar-refractivity contribution in [3.05, 3.63) is 119 Å². The Kier molecular flexibility index (Phi) is 7.26. The monoisotopic (exact) mass is 509 g/mol. The number of hydrogen-bond donors (Lipinski definition) is 3. The van der Waals surface area contributed by atoms with Crippen LogP contribution in [0.3, 0.4) is 0 Å². The van der Waals surface area contributed by atoms with E-state index in [1.165, 1.54) is 6.07 Å². The fraction of sp³-hybridized carbons (Fsp3) is 0.161. The first-order valence-electron chi connectivity index (χ1n) is 12.3. The lowest BCUT2D eigenvalue weighted by Crippen LogP contribution is -2.42. The number of benzene rings is 4. The molecule has 0 aliphatic heterocycles. The number of phenolic OH excluding ortho intramolecular Hbond substituents is 1. The van der Waals surface area contributed by atoms with Gasteiger partial charge in [0, 0.05) is 12.3 Å². The van der Waals surface area contributed by atoms with Gasteiger partial charge in [0.1, 0.15) is 19.3 Å². The lowest BCUT2D eigenvalue weighted by Gasteiger charge is -2.18. The first-order valence-corrected chi connectivity index (χ1v) is 12.3. The largest absolute Gasteiger partial charge is 0.504 e. The first-order chi connectivity index (χ1) is 18.5. The topological polar surface area (TPSA) is 105 Å². The van der Waals surface area contributed by atoms with Crippen LogP contribution in [0.4, 0.5) is 4.79 Å². The molecule has 1 atom stereocenters. The molecule has 38 heavy (non-hydrogen) atoms. The summed E-state index contributed by atoms with van der Waals surface area (Å²) in [6, 6.07) is 28.9. The summed E-state index contributed by atoms with van der Waals surface area (Å²) in [7, 11) is 0. The number of aliphatic carboxylic acids is 1. The van der Waals surface area contributed by atoms with E-state index in [-0.39, 0.29) is 37.1 Å². The summed E-state index contributed by atoms with van der Waals surface area (Å²) < 4.78 is 11.2. The minimum absolute atomic E-state index is 0.0124. The van der Waals surface area contributed by atoms with E-state index in [1.807, 2.05) is 78.9 Å². The highest BCUT2D eigenvalue weighted by molar-refractivity contribution is 5.81. The normalized spacial score (nSPS) is 12.7. The summed E-state index contributed by atoms with van der Waals surface area (Å²) in [5.41, 5.74) is 5.87. The number of rotatable bonds is 9. The molecule has 0 heterocycles. The van der Waals surface area contributed by atoms with Gasteiger partial charge in [-0.3, -0.25) is 0 Å². The van der Waals surface area contributed by atoms with Gasteiger partial charge in [0.15, 0.2) is 11.5 Å². The third-order valence-electron chi connectivity index (χ3n) is 6.64. The Balaban J connectivity index is 1.22. The average Bonchev–Trinajstić information content (AvgIpc) is 3.26. The molecular weight excluding hydrogens is 482 g/mol. The zero-order valence-electron chi connectivity index (χ0n) is 20.5. The van der Waals surface area contributed by atoms with E-state index < -0.39 is 18.1 Å². The summed E-state index contributed by atoms with van der Waals surface area (Å²) in [5.74, 6) is -1.14. The summed E-state index contributed by atoms with van der Waals surface area (Å²) in [6.45, 7) is 0.334. The third-order valence-corrected chi connectivity index (χ3v) is 6.64. The van der Waals surface area contributed by atoms with E-state index in [0.29, 0.717) is 5.56 Å². The van der Waals surface area contributed by atoms with E-state index in [4.69, 9.17) is 9.47 Å². The van der Waals surface area contributed by atoms with Crippen LogP contribution in [0.25, 0.3) is 11.1 Å². The Morgan fingerprint density at radius 3 is 2.11 bits per heavy atom. The fourth-order valence-electron chi connectivity index (χ4n) is 4.75. The van der Waals surface area contributed by atoms with Crippen LogP contribution in [0.5, 0.6) is 11.5 Å². The Labute approximate surface area is 220 Å². The molecule has 0 radical (unpaired) electrons. The van der Waals surface area contributed by atoms with E-state index in [0.717, 1.165) is 27.8 Å². The number of carbonyl (C=O) groups excluding carboxylic acids is 1. The molecule has 0 aromatic heterocycles. The predicted octanol–water partition coefficient (Wildman–Crippen LogP) is 5.51. The number of carbonyl (C=O) groups is 2. The molecule has 1 unspecified atom stereocenters. The van der Waals surface area contributed by atoms with Crippen molar-refractivity contribution in [1.82, 2.24) is 5.32 Å². The Hall–Kier alpha value is -4.78. The van der Waals surface area contributed by atoms with Crippen molar-refractivity contribution >= 4 is 12.1 Å². The summed E-state index contributed by atoms with van der Waals surface area (Å²) in [4.78, 5) is 24.6. The van der Waals surface area contributed by atoms with E-state index in [2.05, 4.69) is 5.32 Å². The number of aromatic hydroxyl groups is 1. The molecule has 0 saturated heterocycles. The summed E-state index contributed by atoms with van der Waals surface area (Å²) >= 11 is 0. The number of ether oxygens (including phenoxy) is 2. The van der Waals surface area contributed by atoms with Gasteiger partial charge in [0.2, 0.25) is 0 Å². The maximum absolute atomic E-state index is 12.6. The lowest BCUT2D eigenvalue weighted by atomic mass is 9.98. The van der Waals surface area contributed by atoms with Crippen LogP contribution in [-0.2, 0) is 22.6 Å². The number of carboxylic acids is 1. The highest BCUT2D eigenvalue weighted by Gasteiger charge is 2.30. The molecule has 192 valence electrons. The van der Waals surface area contributed by atoms with Crippen LogP contribution in [-0.4, -0.2) is 34.9 Å². The van der Waals surface area contributed by atoms with Crippen LogP contribution in [0, 0.1) is 0 Å². The molecule has 1 amide bonds. The van der Waals surface area contributed by atoms with Gasteiger partial charge in [-0.25, -0.2) is 9.59 Å². The van der Waals surface area contributed by atoms with Crippen molar-refractivity contribution < 1.29 is 29.3 Å². The van der Waals surface area contributed by atoms with Gasteiger partial charge >= 0.3 is 12.1 Å². The number of amides is 1. The molecule has 0 saturated carbocycles. The van der Waals surface area contributed by atoms with Gasteiger partial charge in [0.25, 0.3) is 0 Å². The molecule has 7 nitrogen and oxygen atoms in total. The van der Waals surface area contributed by atoms with Crippen LogP contribution in [0.1, 0.15) is 28.2 Å². The van der Waals surface area contributed by atoms with Crippen LogP contribution >= 0.6 is 0 Å². The number of alkyl carbamates (subject to hydrolysis) is 1. The van der Waals surface area contributed by atoms with Gasteiger partial charge in [-0.2, -0.15) is 0 Å². The second-order valence-electron chi connectivity index (χ2n) is 9.14. The Bertz CT molecular complexity index is 1410. The van der Waals surface area contributed by atoms with Crippen molar-refractivity contribution in [1.29, 1.82) is 0 Å². The molecular formula is C31H27NO6. The fourth-order valence-corrected chi connectivity index (χ4v) is 4.75. The Morgan fingerprint density at radius 1 is 0.816 bits per heavy atom. The molecule has 0 spiro atoms. The standard InChI is InChI=1S/C31H27NO6/c33-28-15-14-21(17-29(28)37-18-20-8-2-1-3-9-20)16-27(30(34)35)32-31(36)38-19-26-24-12-6-4-10-22(24)23-11-5-7-13-25(23)26/h1-15,17,26-27,33H,16,18-19H2,(H,32,36)(H,34,35). The minimum Gasteiger partial charge on any atom is -0.504 e. The SMILES string of the molecule is O=C(NC(Cc1ccc(O)c(OCc2ccccc2)c1)C(=O)O)OCC1c2ccccc2-c2ccccc21. The van der Waals surface area contributed by atoms with E-state index >= 15 is 0 Å². The van der Waals surface area contributed by atoms with Crippen molar-refractivity contribution in [3.63, 3.8) is 0 Å². The van der Waals surface area contributed by atoms with Crippen molar-refractivity contribution in [2.75, 3.05) is 6.61 Å². The molecule has 7 heteroatoms. The number of hydrogen-bond acceptors (Lipinski definition) is 5. The van der Waals surface area contributed by atoms with Crippen LogP contribution in [0.15, 0.2) is 97.1 Å². The second kappa shape index (κ2) is 11.1. The highest BCUT2D eigenvalue weighted by Crippen LogP contribution is 2.44. The summed E-state index contributed by atoms with van der Waals surface area (Å²) in [6.07, 6.45) is -0.819. The zero-order chi connectivity index (χ0) is 26.5. The maximum atomic E-state index is 12.6. The van der Waals surface area contributed by atoms with E-state index in [9.17, 15) is 19.8 Å². The van der Waals surface area contributed by atoms with Crippen LogP contribution < -0.4 is 10.1 Å². The molecule has 0 fully saturated rings. The maximum Gasteiger partial charge on any atom is 0.407 e. The predicted molar refractivity (Wildman–Crippen MR) is 142 cm³/mol. The van der Waals surface area contributed by atoms with Gasteiger partial charge in [-0.15, -0.1) is 0 Å². The highest BCUT2D eigenvalue weighted by atomic mass is 16.5. The quantitative estimate of drug-likeness (QED) is 0.275. The van der Waals surface area contributed by atoms with Crippen molar-refractivity contribution in [3.8, 4) is 22.6 Å². The number of carboxylic acid groups (broad SMARTS) is 1. The van der Waals surface area contributed by atoms with Gasteiger partial charge < -0.3 is 25.0 Å². The lowest BCUT2D eigenvalue weighted by molar-refractivity contribution is -0.139. The number of nitrogens with one attached hydrogen (secondary N) is 1. The van der Waals surface area contributed by atoms with Gasteiger partial charge in [0.05, 0.1) is 0 Å². The second-order valence-corrected chi connectivity index (χ2v) is 9.14. The average molecular weight is 510 g/mol. The molecule has 0 bridgehead atoms. The molecule has 3 N–H and O–H groups in total. The smallest absolute Gasteiger partial charge is 0.407 e. The molecule has 1 aliphatic rings. The van der Waals surface area contributed by atoms with Crippen molar-refractivity contribution in [2.45, 2.75) is 25.0 Å². The van der Waals surface area contributed by atoms with E-state index in [1.54, 1.807) is 12.1 Å². The molecule has 4 aromatic carbocycles. The number of fused-ring (bicyclic) bond motifs is 3. The van der Waals surface area contributed by atoms with Crippen molar-refractivity contribution in [2.24, 2.45) is 0 Å². The van der Waals surface area contributed by atoms with Gasteiger partial charge in [-0.1, -0.05) is 84.9 Å². The van der Waals surface area contributed by atoms with Crippen LogP contribution in [0.2, 0.25) is 0 Å². The Morgan fingerprint density at radius 2 is 1.45 bits per heavy atom. The summed E-state index contributed by atoms with van der Waals surface area (Å²) in [5, 5.41) is 22.4. The zero-order valence-corrected chi connectivity index (χ0v) is 20.5. The van der Waals surface area contributed by atoms with Gasteiger partial charge in [-0.05, 0) is 45.5 Å².